The number of aryl methyl sites for hydroxylation is 1. The zero-order chi connectivity index (χ0) is 12.5. The van der Waals surface area contributed by atoms with Crippen molar-refractivity contribution in [1.29, 1.82) is 0 Å². The third-order valence-corrected chi connectivity index (χ3v) is 3.06. The molecule has 3 nitrogen and oxygen atoms in total. The Morgan fingerprint density at radius 1 is 0.944 bits per heavy atom. The Kier molecular flexibility index (Phi) is 2.59. The summed E-state index contributed by atoms with van der Waals surface area (Å²) in [4.78, 5) is 0. The van der Waals surface area contributed by atoms with E-state index in [1.165, 1.54) is 0 Å². The van der Waals surface area contributed by atoms with E-state index in [9.17, 15) is 0 Å². The van der Waals surface area contributed by atoms with E-state index < -0.39 is 0 Å². The molecule has 3 heteroatoms. The molecule has 0 aliphatic carbocycles. The molecule has 0 atom stereocenters. The van der Waals surface area contributed by atoms with Gasteiger partial charge in [-0.15, -0.1) is 0 Å². The quantitative estimate of drug-likeness (QED) is 0.780. The fourth-order valence-electron chi connectivity index (χ4n) is 2.16. The van der Waals surface area contributed by atoms with Crippen LogP contribution in [0.25, 0.3) is 11.1 Å². The van der Waals surface area contributed by atoms with E-state index in [2.05, 4.69) is 6.07 Å². The van der Waals surface area contributed by atoms with Gasteiger partial charge in [0.2, 0.25) is 0 Å². The predicted molar refractivity (Wildman–Crippen MR) is 72.0 cm³/mol. The van der Waals surface area contributed by atoms with Crippen LogP contribution in [-0.2, 0) is 0 Å². The van der Waals surface area contributed by atoms with Gasteiger partial charge in [0, 0.05) is 11.3 Å². The summed E-state index contributed by atoms with van der Waals surface area (Å²) in [6, 6.07) is 12.0. The highest BCUT2D eigenvalue weighted by molar-refractivity contribution is 5.78. The minimum atomic E-state index is 0.597. The summed E-state index contributed by atoms with van der Waals surface area (Å²) in [6.07, 6.45) is 0. The first kappa shape index (κ1) is 11.0. The highest BCUT2D eigenvalue weighted by Crippen LogP contribution is 2.36. The molecule has 0 saturated heterocycles. The number of hydrogen-bond acceptors (Lipinski definition) is 3. The maximum absolute atomic E-state index is 6.06. The van der Waals surface area contributed by atoms with E-state index >= 15 is 0 Å². The molecule has 1 aliphatic rings. The van der Waals surface area contributed by atoms with Gasteiger partial charge in [-0.2, -0.15) is 0 Å². The normalized spacial score (nSPS) is 13.4. The second-order valence-electron chi connectivity index (χ2n) is 4.45. The molecular weight excluding hydrogens is 226 g/mol. The fraction of sp³-hybridized carbons (Fsp3) is 0.200. The van der Waals surface area contributed by atoms with Gasteiger partial charge in [0.15, 0.2) is 11.5 Å². The van der Waals surface area contributed by atoms with Crippen LogP contribution in [0.3, 0.4) is 0 Å². The molecule has 0 amide bonds. The zero-order valence-corrected chi connectivity index (χ0v) is 10.3. The van der Waals surface area contributed by atoms with Crippen molar-refractivity contribution in [3.05, 3.63) is 42.0 Å². The first-order valence-corrected chi connectivity index (χ1v) is 6.00. The molecule has 92 valence electrons. The van der Waals surface area contributed by atoms with Gasteiger partial charge in [-0.3, -0.25) is 0 Å². The highest BCUT2D eigenvalue weighted by atomic mass is 16.6. The standard InChI is InChI=1S/C15H15NO2/c1-10-2-4-12(13(16)8-10)11-3-5-14-15(9-11)18-7-6-17-14/h2-5,8-9H,6-7,16H2,1H3. The van der Waals surface area contributed by atoms with Crippen LogP contribution in [0.5, 0.6) is 11.5 Å². The molecule has 0 unspecified atom stereocenters. The molecule has 2 aromatic rings. The van der Waals surface area contributed by atoms with E-state index in [0.717, 1.165) is 33.9 Å². The largest absolute Gasteiger partial charge is 0.486 e. The van der Waals surface area contributed by atoms with E-state index in [-0.39, 0.29) is 0 Å². The van der Waals surface area contributed by atoms with Gasteiger partial charge in [0.25, 0.3) is 0 Å². The highest BCUT2D eigenvalue weighted by Gasteiger charge is 2.13. The van der Waals surface area contributed by atoms with Crippen molar-refractivity contribution >= 4 is 5.69 Å². The summed E-state index contributed by atoms with van der Waals surface area (Å²) in [5.41, 5.74) is 10.1. The van der Waals surface area contributed by atoms with Crippen molar-refractivity contribution in [3.63, 3.8) is 0 Å². The van der Waals surface area contributed by atoms with Gasteiger partial charge in [-0.05, 0) is 36.2 Å². The van der Waals surface area contributed by atoms with Crippen LogP contribution in [0.4, 0.5) is 5.69 Å². The minimum absolute atomic E-state index is 0.597. The number of nitrogens with two attached hydrogens (primary N) is 1. The topological polar surface area (TPSA) is 44.5 Å². The van der Waals surface area contributed by atoms with Crippen molar-refractivity contribution in [1.82, 2.24) is 0 Å². The summed E-state index contributed by atoms with van der Waals surface area (Å²) in [5.74, 6) is 1.59. The second-order valence-corrected chi connectivity index (χ2v) is 4.45. The Labute approximate surface area is 106 Å². The van der Waals surface area contributed by atoms with Gasteiger partial charge in [-0.25, -0.2) is 0 Å². The first-order chi connectivity index (χ1) is 8.74. The lowest BCUT2D eigenvalue weighted by molar-refractivity contribution is 0.171. The van der Waals surface area contributed by atoms with Crippen molar-refractivity contribution in [2.24, 2.45) is 0 Å². The summed E-state index contributed by atoms with van der Waals surface area (Å²) in [6.45, 7) is 3.24. The van der Waals surface area contributed by atoms with Gasteiger partial charge in [0.05, 0.1) is 0 Å². The smallest absolute Gasteiger partial charge is 0.161 e. The average Bonchev–Trinajstić information content (AvgIpc) is 2.38. The van der Waals surface area contributed by atoms with Gasteiger partial charge >= 0.3 is 0 Å². The van der Waals surface area contributed by atoms with E-state index in [0.29, 0.717) is 13.2 Å². The molecular formula is C15H15NO2. The molecule has 0 saturated carbocycles. The lowest BCUT2D eigenvalue weighted by Crippen LogP contribution is -2.15. The number of ether oxygens (including phenoxy) is 2. The summed E-state index contributed by atoms with van der Waals surface area (Å²) >= 11 is 0. The number of benzene rings is 2. The van der Waals surface area contributed by atoms with Gasteiger partial charge in [0.1, 0.15) is 13.2 Å². The number of rotatable bonds is 1. The average molecular weight is 241 g/mol. The number of nitrogen functional groups attached to an aromatic ring is 1. The molecule has 3 rings (SSSR count). The number of anilines is 1. The molecule has 0 aromatic heterocycles. The predicted octanol–water partition coefficient (Wildman–Crippen LogP) is 3.02. The van der Waals surface area contributed by atoms with Crippen molar-refractivity contribution in [2.75, 3.05) is 18.9 Å². The van der Waals surface area contributed by atoms with Crippen molar-refractivity contribution in [2.45, 2.75) is 6.92 Å². The molecule has 0 radical (unpaired) electrons. The molecule has 18 heavy (non-hydrogen) atoms. The van der Waals surface area contributed by atoms with Crippen LogP contribution in [-0.4, -0.2) is 13.2 Å². The van der Waals surface area contributed by atoms with E-state index in [1.54, 1.807) is 0 Å². The first-order valence-electron chi connectivity index (χ1n) is 6.00. The van der Waals surface area contributed by atoms with Crippen LogP contribution in [0, 0.1) is 6.92 Å². The molecule has 2 N–H and O–H groups in total. The molecule has 1 aliphatic heterocycles. The third-order valence-electron chi connectivity index (χ3n) is 3.06. The lowest BCUT2D eigenvalue weighted by Gasteiger charge is -2.19. The summed E-state index contributed by atoms with van der Waals surface area (Å²) in [7, 11) is 0. The molecule has 0 spiro atoms. The third kappa shape index (κ3) is 1.88. The Morgan fingerprint density at radius 3 is 2.50 bits per heavy atom. The second kappa shape index (κ2) is 4.26. The Hall–Kier alpha value is -2.16. The van der Waals surface area contributed by atoms with E-state index in [1.807, 2.05) is 37.3 Å². The maximum Gasteiger partial charge on any atom is 0.161 e. The van der Waals surface area contributed by atoms with Crippen LogP contribution in [0.1, 0.15) is 5.56 Å². The van der Waals surface area contributed by atoms with Crippen LogP contribution >= 0.6 is 0 Å². The SMILES string of the molecule is Cc1ccc(-c2ccc3c(c2)OCCO3)c(N)c1. The van der Waals surface area contributed by atoms with Gasteiger partial charge in [-0.1, -0.05) is 18.2 Å². The van der Waals surface area contributed by atoms with Crippen LogP contribution < -0.4 is 15.2 Å². The number of hydrogen-bond donors (Lipinski definition) is 1. The summed E-state index contributed by atoms with van der Waals surface area (Å²) < 4.78 is 11.1. The molecule has 2 aromatic carbocycles. The van der Waals surface area contributed by atoms with Crippen LogP contribution in [0.15, 0.2) is 36.4 Å². The fourth-order valence-corrected chi connectivity index (χ4v) is 2.16. The Morgan fingerprint density at radius 2 is 1.72 bits per heavy atom. The number of fused-ring (bicyclic) bond motifs is 1. The van der Waals surface area contributed by atoms with Crippen molar-refractivity contribution in [3.8, 4) is 22.6 Å². The maximum atomic E-state index is 6.06. The minimum Gasteiger partial charge on any atom is -0.486 e. The Balaban J connectivity index is 2.06. The molecule has 1 heterocycles. The van der Waals surface area contributed by atoms with Crippen LogP contribution in [0.2, 0.25) is 0 Å². The van der Waals surface area contributed by atoms with Crippen molar-refractivity contribution < 1.29 is 9.47 Å². The Bertz CT molecular complexity index is 593. The lowest BCUT2D eigenvalue weighted by atomic mass is 10.0. The zero-order valence-electron chi connectivity index (χ0n) is 10.3. The monoisotopic (exact) mass is 241 g/mol. The summed E-state index contributed by atoms with van der Waals surface area (Å²) in [5, 5.41) is 0. The molecule has 0 bridgehead atoms. The molecule has 0 fully saturated rings. The van der Waals surface area contributed by atoms with E-state index in [4.69, 9.17) is 15.2 Å². The van der Waals surface area contributed by atoms with Gasteiger partial charge < -0.3 is 15.2 Å².